The van der Waals surface area contributed by atoms with Crippen molar-refractivity contribution >= 4 is 67.0 Å². The van der Waals surface area contributed by atoms with E-state index < -0.39 is 22.5 Å². The maximum atomic E-state index is 13.6. The maximum Gasteiger partial charge on any atom is 0.264 e. The molecule has 44 heavy (non-hydrogen) atoms. The van der Waals surface area contributed by atoms with Crippen molar-refractivity contribution in [1.29, 1.82) is 0 Å². The minimum absolute atomic E-state index is 0.0711. The van der Waals surface area contributed by atoms with E-state index in [9.17, 15) is 13.2 Å². The van der Waals surface area contributed by atoms with E-state index in [0.717, 1.165) is 15.4 Å². The van der Waals surface area contributed by atoms with E-state index in [4.69, 9.17) is 32.7 Å². The van der Waals surface area contributed by atoms with Gasteiger partial charge in [0.25, 0.3) is 15.9 Å². The van der Waals surface area contributed by atoms with Crippen LogP contribution in [-0.4, -0.2) is 34.2 Å². The Morgan fingerprint density at radius 1 is 1.02 bits per heavy atom. The maximum absolute atomic E-state index is 13.6. The van der Waals surface area contributed by atoms with Gasteiger partial charge in [-0.15, -0.1) is 0 Å². The minimum atomic E-state index is -4.04. The number of hydrogen-bond donors (Lipinski definition) is 1. The first-order chi connectivity index (χ1) is 21.0. The molecule has 0 fully saturated rings. The molecule has 4 aromatic rings. The summed E-state index contributed by atoms with van der Waals surface area (Å²) in [5.74, 6) is 0.508. The second kappa shape index (κ2) is 14.9. The predicted molar refractivity (Wildman–Crippen MR) is 179 cm³/mol. The standard InChI is InChI=1S/C32H30BrCl2N3O5S/c1-21(2)23-10-13-26(14-11-23)38(44(40,41)27-7-5-4-6-8-27)19-31(39)37-36-18-22-15-28(33)32(30(16-22)42-3)43-20-24-9-12-25(34)17-29(24)35/h4-18,21H,19-20H2,1-3H3,(H,37,39)/b36-18-. The molecule has 0 aliphatic carbocycles. The number of methoxy groups -OCH3 is 1. The average Bonchev–Trinajstić information content (AvgIpc) is 3.00. The van der Waals surface area contributed by atoms with Gasteiger partial charge in [-0.1, -0.05) is 73.4 Å². The van der Waals surface area contributed by atoms with Crippen LogP contribution in [0.5, 0.6) is 11.5 Å². The van der Waals surface area contributed by atoms with Gasteiger partial charge in [-0.05, 0) is 81.5 Å². The number of carbonyl (C=O) groups is 1. The van der Waals surface area contributed by atoms with Crippen LogP contribution in [-0.2, 0) is 21.4 Å². The molecule has 8 nitrogen and oxygen atoms in total. The zero-order chi connectivity index (χ0) is 31.9. The number of anilines is 1. The van der Waals surface area contributed by atoms with Gasteiger partial charge in [0.1, 0.15) is 13.2 Å². The number of halogens is 3. The van der Waals surface area contributed by atoms with Crippen LogP contribution in [0.1, 0.15) is 36.5 Å². The number of rotatable bonds is 12. The summed E-state index contributed by atoms with van der Waals surface area (Å²) in [7, 11) is -2.54. The molecule has 4 rings (SSSR count). The van der Waals surface area contributed by atoms with E-state index in [1.807, 2.05) is 26.0 Å². The highest BCUT2D eigenvalue weighted by atomic mass is 79.9. The molecule has 4 aromatic carbocycles. The molecule has 0 aliphatic heterocycles. The summed E-state index contributed by atoms with van der Waals surface area (Å²) in [5.41, 5.74) is 5.17. The van der Waals surface area contributed by atoms with Gasteiger partial charge in [0.2, 0.25) is 0 Å². The zero-order valence-electron chi connectivity index (χ0n) is 24.1. The lowest BCUT2D eigenvalue weighted by Crippen LogP contribution is -2.39. The Hall–Kier alpha value is -3.57. The molecular formula is C32H30BrCl2N3O5S. The number of nitrogens with zero attached hydrogens (tertiary/aromatic N) is 2. The summed E-state index contributed by atoms with van der Waals surface area (Å²) in [4.78, 5) is 13.0. The first-order valence-electron chi connectivity index (χ1n) is 13.4. The SMILES string of the molecule is COc1cc(/C=N\NC(=O)CN(c2ccc(C(C)C)cc2)S(=O)(=O)c2ccccc2)cc(Br)c1OCc1ccc(Cl)cc1Cl. The van der Waals surface area contributed by atoms with Crippen molar-refractivity contribution in [2.75, 3.05) is 18.0 Å². The third kappa shape index (κ3) is 8.32. The summed E-state index contributed by atoms with van der Waals surface area (Å²) in [6.45, 7) is 3.79. The van der Waals surface area contributed by atoms with Crippen LogP contribution in [0.3, 0.4) is 0 Å². The molecule has 0 unspecified atom stereocenters. The monoisotopic (exact) mass is 717 g/mol. The van der Waals surface area contributed by atoms with Gasteiger partial charge in [-0.2, -0.15) is 5.10 Å². The fraction of sp³-hybridized carbons (Fsp3) is 0.188. The van der Waals surface area contributed by atoms with Gasteiger partial charge in [0.15, 0.2) is 11.5 Å². The van der Waals surface area contributed by atoms with E-state index in [2.05, 4.69) is 26.5 Å². The second-order valence-corrected chi connectivity index (χ2v) is 13.5. The number of hydrazone groups is 1. The lowest BCUT2D eigenvalue weighted by molar-refractivity contribution is -0.119. The summed E-state index contributed by atoms with van der Waals surface area (Å²) >= 11 is 15.7. The van der Waals surface area contributed by atoms with E-state index >= 15 is 0 Å². The van der Waals surface area contributed by atoms with Gasteiger partial charge in [-0.25, -0.2) is 13.8 Å². The highest BCUT2D eigenvalue weighted by molar-refractivity contribution is 9.10. The number of benzene rings is 4. The van der Waals surface area contributed by atoms with Gasteiger partial charge in [0, 0.05) is 15.6 Å². The van der Waals surface area contributed by atoms with Crippen molar-refractivity contribution < 1.29 is 22.7 Å². The van der Waals surface area contributed by atoms with E-state index in [1.54, 1.807) is 60.7 Å². The fourth-order valence-electron chi connectivity index (χ4n) is 4.15. The second-order valence-electron chi connectivity index (χ2n) is 9.92. The summed E-state index contributed by atoms with van der Waals surface area (Å²) in [5, 5.41) is 5.05. The topological polar surface area (TPSA) is 97.3 Å². The highest BCUT2D eigenvalue weighted by Crippen LogP contribution is 2.37. The summed E-state index contributed by atoms with van der Waals surface area (Å²) in [6, 6.07) is 23.6. The molecule has 0 aromatic heterocycles. The van der Waals surface area contributed by atoms with Crippen LogP contribution >= 0.6 is 39.1 Å². The van der Waals surface area contributed by atoms with Crippen LogP contribution in [0.4, 0.5) is 5.69 Å². The molecule has 0 saturated carbocycles. The first-order valence-corrected chi connectivity index (χ1v) is 16.4. The molecule has 0 spiro atoms. The molecule has 1 amide bonds. The Kier molecular flexibility index (Phi) is 11.3. The van der Waals surface area contributed by atoms with Crippen molar-refractivity contribution in [1.82, 2.24) is 5.43 Å². The molecule has 0 bridgehead atoms. The highest BCUT2D eigenvalue weighted by Gasteiger charge is 2.27. The Morgan fingerprint density at radius 3 is 2.36 bits per heavy atom. The van der Waals surface area contributed by atoms with E-state index in [1.165, 1.54) is 25.5 Å². The third-order valence-corrected chi connectivity index (χ3v) is 9.47. The number of nitrogens with one attached hydrogen (secondary N) is 1. The Morgan fingerprint density at radius 2 is 1.73 bits per heavy atom. The zero-order valence-corrected chi connectivity index (χ0v) is 28.0. The van der Waals surface area contributed by atoms with E-state index in [-0.39, 0.29) is 17.4 Å². The van der Waals surface area contributed by atoms with Gasteiger partial charge in [-0.3, -0.25) is 9.10 Å². The smallest absolute Gasteiger partial charge is 0.264 e. The van der Waals surface area contributed by atoms with Gasteiger partial charge >= 0.3 is 0 Å². The number of hydrogen-bond acceptors (Lipinski definition) is 6. The molecule has 0 heterocycles. The number of ether oxygens (including phenoxy) is 2. The van der Waals surface area contributed by atoms with Crippen molar-refractivity contribution in [3.8, 4) is 11.5 Å². The number of amides is 1. The lowest BCUT2D eigenvalue weighted by Gasteiger charge is -2.24. The van der Waals surface area contributed by atoms with Crippen LogP contribution in [0.15, 0.2) is 99.4 Å². The Bertz CT molecular complexity index is 1750. The molecule has 0 aliphatic rings. The molecule has 12 heteroatoms. The van der Waals surface area contributed by atoms with Crippen molar-refractivity contribution in [3.05, 3.63) is 116 Å². The lowest BCUT2D eigenvalue weighted by atomic mass is 10.0. The van der Waals surface area contributed by atoms with E-state index in [0.29, 0.717) is 37.3 Å². The van der Waals surface area contributed by atoms with Crippen LogP contribution in [0.25, 0.3) is 0 Å². The third-order valence-electron chi connectivity index (χ3n) is 6.51. The Balaban J connectivity index is 1.49. The van der Waals surface area contributed by atoms with Crippen LogP contribution in [0.2, 0.25) is 10.0 Å². The minimum Gasteiger partial charge on any atom is -0.493 e. The normalized spacial score (nSPS) is 11.5. The fourth-order valence-corrected chi connectivity index (χ4v) is 6.63. The number of carbonyl (C=O) groups excluding carboxylic acids is 1. The summed E-state index contributed by atoms with van der Waals surface area (Å²) < 4.78 is 40.2. The Labute approximate surface area is 275 Å². The molecule has 0 atom stereocenters. The first kappa shape index (κ1) is 33.3. The van der Waals surface area contributed by atoms with Crippen molar-refractivity contribution in [2.24, 2.45) is 5.10 Å². The predicted octanol–water partition coefficient (Wildman–Crippen LogP) is 7.81. The number of sulfonamides is 1. The van der Waals surface area contributed by atoms with Gasteiger partial charge < -0.3 is 9.47 Å². The van der Waals surface area contributed by atoms with Crippen LogP contribution in [0, 0.1) is 0 Å². The van der Waals surface area contributed by atoms with Gasteiger partial charge in [0.05, 0.1) is 28.4 Å². The molecule has 230 valence electrons. The largest absolute Gasteiger partial charge is 0.493 e. The molecular weight excluding hydrogens is 689 g/mol. The summed E-state index contributed by atoms with van der Waals surface area (Å²) in [6.07, 6.45) is 1.42. The van der Waals surface area contributed by atoms with Crippen LogP contribution < -0.4 is 19.2 Å². The molecule has 1 N–H and O–H groups in total. The quantitative estimate of drug-likeness (QED) is 0.119. The molecule has 0 radical (unpaired) electrons. The molecule has 0 saturated heterocycles. The van der Waals surface area contributed by atoms with Crippen molar-refractivity contribution in [2.45, 2.75) is 31.3 Å². The average molecular weight is 719 g/mol. The van der Waals surface area contributed by atoms with Crippen molar-refractivity contribution in [3.63, 3.8) is 0 Å².